The quantitative estimate of drug-likeness (QED) is 0.0195. The van der Waals surface area contributed by atoms with Gasteiger partial charge in [0.15, 0.2) is 6.10 Å². The number of rotatable bonds is 51. The highest BCUT2D eigenvalue weighted by molar-refractivity contribution is 7.45. The number of ether oxygens (including phenoxy) is 2. The third-order valence-corrected chi connectivity index (χ3v) is 12.7. The second-order valence-electron chi connectivity index (χ2n) is 19.9. The lowest BCUT2D eigenvalue weighted by Crippen LogP contribution is -2.37. The van der Waals surface area contributed by atoms with Crippen LogP contribution >= 0.6 is 7.82 Å². The first-order valence-electron chi connectivity index (χ1n) is 28.7. The Morgan fingerprint density at radius 1 is 0.438 bits per heavy atom. The van der Waals surface area contributed by atoms with Crippen molar-refractivity contribution in [2.24, 2.45) is 0 Å². The third kappa shape index (κ3) is 57.5. The van der Waals surface area contributed by atoms with Crippen molar-refractivity contribution in [2.75, 3.05) is 47.5 Å². The Bertz CT molecular complexity index is 1650. The first-order valence-corrected chi connectivity index (χ1v) is 30.2. The fraction of sp³-hybridized carbons (Fsp3) is 0.651. The highest BCUT2D eigenvalue weighted by Gasteiger charge is 2.21. The Labute approximate surface area is 448 Å². The van der Waals surface area contributed by atoms with Crippen LogP contribution in [0.4, 0.5) is 0 Å². The average Bonchev–Trinajstić information content (AvgIpc) is 3.35. The first-order chi connectivity index (χ1) is 35.5. The maximum absolute atomic E-state index is 12.8. The zero-order valence-corrected chi connectivity index (χ0v) is 47.9. The van der Waals surface area contributed by atoms with E-state index in [0.717, 1.165) is 122 Å². The summed E-state index contributed by atoms with van der Waals surface area (Å²) in [6.45, 7) is 4.07. The third-order valence-electron chi connectivity index (χ3n) is 11.7. The summed E-state index contributed by atoms with van der Waals surface area (Å²) in [4.78, 5) is 37.8. The molecule has 0 N–H and O–H groups in total. The molecule has 0 saturated heterocycles. The number of quaternary nitrogens is 1. The number of phosphoric ester groups is 1. The largest absolute Gasteiger partial charge is 0.756 e. The minimum Gasteiger partial charge on any atom is -0.756 e. The smallest absolute Gasteiger partial charge is 0.306 e. The Balaban J connectivity index is 4.26. The Hall–Kier alpha value is -3.59. The Kier molecular flexibility index (Phi) is 50.6. The molecule has 0 aliphatic carbocycles. The molecule has 0 bridgehead atoms. The van der Waals surface area contributed by atoms with Gasteiger partial charge in [-0.15, -0.1) is 0 Å². The SMILES string of the molecule is CC/C=C\C/C=C\C/C=C\C/C=C\C/C=C\C/C=C\C/C=C\C/C=C\CCCCCCCCC(=O)OC(COC(=O)CCCCCCCCC/C=C\C/C=C\CCCCCC)COP(=O)([O-])OCC[N+](C)(C)C. The van der Waals surface area contributed by atoms with Crippen molar-refractivity contribution in [3.05, 3.63) is 122 Å². The van der Waals surface area contributed by atoms with Gasteiger partial charge in [-0.25, -0.2) is 0 Å². The molecule has 9 nitrogen and oxygen atoms in total. The van der Waals surface area contributed by atoms with Crippen LogP contribution in [0.1, 0.15) is 213 Å². The summed E-state index contributed by atoms with van der Waals surface area (Å²) < 4.78 is 34.1. The Morgan fingerprint density at radius 2 is 0.781 bits per heavy atom. The maximum Gasteiger partial charge on any atom is 0.306 e. The standard InChI is InChI=1S/C63H106NO8P/c1-6-8-10-12-14-16-18-20-22-24-26-27-28-29-30-31-32-33-34-35-36-37-38-40-42-44-46-48-50-52-54-56-63(66)72-61(60-71-73(67,68)70-58-57-64(3,4)5)59-69-62(65)55-53-51-49-47-45-43-41-39-25-23-21-19-17-15-13-11-9-7-2/h8,10,14,16-17,19-20,22-23,25-27,29-30,32-33,35-36,38,40,61H,6-7,9,11-13,15,18,21,24,28,31,34,37,39,41-60H2,1-5H3/b10-8-,16-14-,19-17-,22-20-,25-23-,27-26-,30-29-,33-32-,36-35-,40-38-. The molecule has 73 heavy (non-hydrogen) atoms. The van der Waals surface area contributed by atoms with Crippen molar-refractivity contribution in [3.63, 3.8) is 0 Å². The Morgan fingerprint density at radius 3 is 1.16 bits per heavy atom. The summed E-state index contributed by atoms with van der Waals surface area (Å²) in [5.74, 6) is -0.867. The van der Waals surface area contributed by atoms with Gasteiger partial charge in [-0.2, -0.15) is 0 Å². The van der Waals surface area contributed by atoms with Crippen LogP contribution in [0.2, 0.25) is 0 Å². The number of carbonyl (C=O) groups excluding carboxylic acids is 2. The van der Waals surface area contributed by atoms with Crippen molar-refractivity contribution in [2.45, 2.75) is 219 Å². The van der Waals surface area contributed by atoms with Gasteiger partial charge in [0, 0.05) is 12.8 Å². The number of hydrogen-bond donors (Lipinski definition) is 0. The van der Waals surface area contributed by atoms with Gasteiger partial charge in [-0.1, -0.05) is 212 Å². The number of phosphoric acid groups is 1. The highest BCUT2D eigenvalue weighted by Crippen LogP contribution is 2.38. The molecule has 0 aromatic carbocycles. The van der Waals surface area contributed by atoms with Crippen LogP contribution in [0.5, 0.6) is 0 Å². The summed E-state index contributed by atoms with van der Waals surface area (Å²) in [5.41, 5.74) is 0. The van der Waals surface area contributed by atoms with Gasteiger partial charge >= 0.3 is 11.9 Å². The second kappa shape index (κ2) is 53.2. The van der Waals surface area contributed by atoms with Gasteiger partial charge in [0.05, 0.1) is 27.7 Å². The number of unbranched alkanes of at least 4 members (excludes halogenated alkanes) is 17. The van der Waals surface area contributed by atoms with Crippen molar-refractivity contribution in [1.82, 2.24) is 0 Å². The molecule has 416 valence electrons. The van der Waals surface area contributed by atoms with E-state index in [4.69, 9.17) is 18.5 Å². The topological polar surface area (TPSA) is 111 Å². The summed E-state index contributed by atoms with van der Waals surface area (Å²) >= 11 is 0. The number of nitrogens with zero attached hydrogens (tertiary/aromatic N) is 1. The molecule has 0 heterocycles. The van der Waals surface area contributed by atoms with Crippen LogP contribution in [0.15, 0.2) is 122 Å². The number of hydrogen-bond acceptors (Lipinski definition) is 8. The normalized spacial score (nSPS) is 14.2. The van der Waals surface area contributed by atoms with Crippen molar-refractivity contribution in [1.29, 1.82) is 0 Å². The molecular weight excluding hydrogens is 930 g/mol. The molecule has 0 fully saturated rings. The van der Waals surface area contributed by atoms with E-state index in [1.165, 1.54) is 51.4 Å². The van der Waals surface area contributed by atoms with E-state index in [-0.39, 0.29) is 26.1 Å². The van der Waals surface area contributed by atoms with Crippen molar-refractivity contribution < 1.29 is 42.1 Å². The van der Waals surface area contributed by atoms with Gasteiger partial charge in [0.1, 0.15) is 19.8 Å². The summed E-state index contributed by atoms with van der Waals surface area (Å²) in [7, 11) is 1.13. The van der Waals surface area contributed by atoms with Crippen LogP contribution in [0.25, 0.3) is 0 Å². The van der Waals surface area contributed by atoms with E-state index in [0.29, 0.717) is 23.9 Å². The highest BCUT2D eigenvalue weighted by atomic mass is 31.2. The van der Waals surface area contributed by atoms with Crippen LogP contribution in [0.3, 0.4) is 0 Å². The molecule has 0 rings (SSSR count). The molecule has 2 unspecified atom stereocenters. The predicted octanol–water partition coefficient (Wildman–Crippen LogP) is 17.3. The van der Waals surface area contributed by atoms with Gasteiger partial charge in [0.25, 0.3) is 7.82 Å². The lowest BCUT2D eigenvalue weighted by atomic mass is 10.1. The van der Waals surface area contributed by atoms with Crippen LogP contribution in [0, 0.1) is 0 Å². The van der Waals surface area contributed by atoms with E-state index in [9.17, 15) is 19.0 Å². The lowest BCUT2D eigenvalue weighted by Gasteiger charge is -2.28. The molecule has 0 aromatic heterocycles. The number of allylic oxidation sites excluding steroid dienone is 20. The van der Waals surface area contributed by atoms with E-state index in [1.54, 1.807) is 0 Å². The molecule has 0 amide bonds. The summed E-state index contributed by atoms with van der Waals surface area (Å²) in [5, 5.41) is 0. The molecule has 0 aliphatic rings. The fourth-order valence-corrected chi connectivity index (χ4v) is 8.02. The molecule has 0 saturated carbocycles. The van der Waals surface area contributed by atoms with E-state index in [1.807, 2.05) is 21.1 Å². The first kappa shape index (κ1) is 69.4. The lowest BCUT2D eigenvalue weighted by molar-refractivity contribution is -0.870. The zero-order valence-electron chi connectivity index (χ0n) is 47.0. The number of likely N-dealkylation sites (N-methyl/N-ethyl adjacent to an activating group) is 1. The minimum absolute atomic E-state index is 0.0421. The zero-order chi connectivity index (χ0) is 53.5. The minimum atomic E-state index is -4.65. The molecule has 10 heteroatoms. The monoisotopic (exact) mass is 1040 g/mol. The average molecular weight is 1040 g/mol. The molecule has 0 radical (unpaired) electrons. The molecule has 2 atom stereocenters. The van der Waals surface area contributed by atoms with Gasteiger partial charge in [0.2, 0.25) is 0 Å². The summed E-state index contributed by atoms with van der Waals surface area (Å²) in [6, 6.07) is 0. The van der Waals surface area contributed by atoms with E-state index < -0.39 is 32.5 Å². The van der Waals surface area contributed by atoms with E-state index >= 15 is 0 Å². The molecular formula is C63H106NO8P. The predicted molar refractivity (Wildman–Crippen MR) is 309 cm³/mol. The van der Waals surface area contributed by atoms with Gasteiger partial charge < -0.3 is 27.9 Å². The molecule has 0 aliphatic heterocycles. The molecule has 0 aromatic rings. The van der Waals surface area contributed by atoms with Crippen molar-refractivity contribution >= 4 is 19.8 Å². The fourth-order valence-electron chi connectivity index (χ4n) is 7.29. The van der Waals surface area contributed by atoms with Crippen LogP contribution in [-0.4, -0.2) is 70.0 Å². The van der Waals surface area contributed by atoms with E-state index in [2.05, 4.69) is 135 Å². The second-order valence-corrected chi connectivity index (χ2v) is 21.3. The maximum atomic E-state index is 12.8. The van der Waals surface area contributed by atoms with Crippen LogP contribution in [-0.2, 0) is 32.7 Å². The summed E-state index contributed by atoms with van der Waals surface area (Å²) in [6.07, 6.45) is 75.2. The van der Waals surface area contributed by atoms with Gasteiger partial charge in [-0.05, 0) is 109 Å². The van der Waals surface area contributed by atoms with Gasteiger partial charge in [-0.3, -0.25) is 14.2 Å². The molecule has 0 spiro atoms. The number of carbonyl (C=O) groups is 2. The van der Waals surface area contributed by atoms with Crippen LogP contribution < -0.4 is 4.89 Å². The number of esters is 2. The van der Waals surface area contributed by atoms with Crippen molar-refractivity contribution in [3.8, 4) is 0 Å².